The molecule has 0 saturated carbocycles. The van der Waals surface area contributed by atoms with E-state index in [0.29, 0.717) is 5.02 Å². The van der Waals surface area contributed by atoms with Crippen LogP contribution in [0.3, 0.4) is 0 Å². The molecule has 0 aliphatic rings. The zero-order chi connectivity index (χ0) is 9.14. The molecule has 3 N–H and O–H groups in total. The van der Waals surface area contributed by atoms with E-state index in [4.69, 9.17) is 22.4 Å². The summed E-state index contributed by atoms with van der Waals surface area (Å²) in [6.45, 7) is -0.101. The van der Waals surface area contributed by atoms with Crippen LogP contribution in [0.25, 0.3) is 0 Å². The maximum atomic E-state index is 8.80. The van der Waals surface area contributed by atoms with E-state index in [1.54, 1.807) is 6.07 Å². The first kappa shape index (κ1) is 13.2. The first-order valence-electron chi connectivity index (χ1n) is 3.46. The molecule has 0 radical (unpaired) electrons. The van der Waals surface area contributed by atoms with Crippen LogP contribution in [-0.2, 0) is 0 Å². The zero-order valence-corrected chi connectivity index (χ0v) is 9.86. The molecule has 0 aromatic heterocycles. The fourth-order valence-electron chi connectivity index (χ4n) is 0.897. The molecule has 1 aromatic rings. The number of rotatable bonds is 2. The van der Waals surface area contributed by atoms with Crippen molar-refractivity contribution in [2.75, 3.05) is 6.61 Å². The third-order valence-corrected chi connectivity index (χ3v) is 2.39. The van der Waals surface area contributed by atoms with Crippen LogP contribution in [0, 0.1) is 0 Å². The lowest BCUT2D eigenvalue weighted by atomic mass is 10.1. The van der Waals surface area contributed by atoms with Crippen molar-refractivity contribution >= 4 is 39.9 Å². The third-order valence-electron chi connectivity index (χ3n) is 1.55. The largest absolute Gasteiger partial charge is 0.394 e. The van der Waals surface area contributed by atoms with E-state index in [0.717, 1.165) is 10.0 Å². The van der Waals surface area contributed by atoms with Crippen molar-refractivity contribution in [3.05, 3.63) is 33.3 Å². The molecular formula is C8H10BrCl2NO. The van der Waals surface area contributed by atoms with E-state index in [1.807, 2.05) is 12.1 Å². The second-order valence-electron chi connectivity index (χ2n) is 2.45. The molecule has 0 aliphatic heterocycles. The van der Waals surface area contributed by atoms with Crippen molar-refractivity contribution in [3.8, 4) is 0 Å². The minimum Gasteiger partial charge on any atom is -0.394 e. The highest BCUT2D eigenvalue weighted by molar-refractivity contribution is 9.10. The van der Waals surface area contributed by atoms with E-state index < -0.39 is 6.04 Å². The molecule has 0 aliphatic carbocycles. The van der Waals surface area contributed by atoms with Gasteiger partial charge in [0, 0.05) is 9.50 Å². The maximum Gasteiger partial charge on any atom is 0.0624 e. The number of aliphatic hydroxyl groups excluding tert-OH is 1. The Morgan fingerprint density at radius 2 is 2.15 bits per heavy atom. The Labute approximate surface area is 96.6 Å². The van der Waals surface area contributed by atoms with Crippen LogP contribution in [0.1, 0.15) is 11.6 Å². The predicted molar refractivity (Wildman–Crippen MR) is 60.4 cm³/mol. The molecule has 0 amide bonds. The van der Waals surface area contributed by atoms with E-state index >= 15 is 0 Å². The van der Waals surface area contributed by atoms with Crippen LogP contribution in [0.4, 0.5) is 0 Å². The number of nitrogens with two attached hydrogens (primary N) is 1. The molecule has 0 fully saturated rings. The molecule has 74 valence electrons. The summed E-state index contributed by atoms with van der Waals surface area (Å²) in [6, 6.07) is 4.98. The molecule has 0 heterocycles. The van der Waals surface area contributed by atoms with E-state index in [2.05, 4.69) is 15.9 Å². The molecule has 13 heavy (non-hydrogen) atoms. The van der Waals surface area contributed by atoms with Gasteiger partial charge in [0.1, 0.15) is 0 Å². The van der Waals surface area contributed by atoms with Crippen molar-refractivity contribution < 1.29 is 5.11 Å². The smallest absolute Gasteiger partial charge is 0.0624 e. The predicted octanol–water partition coefficient (Wildman–Crippen LogP) is 2.52. The molecule has 2 nitrogen and oxygen atoms in total. The average Bonchev–Trinajstić information content (AvgIpc) is 2.08. The summed E-state index contributed by atoms with van der Waals surface area (Å²) in [6.07, 6.45) is 0. The quantitative estimate of drug-likeness (QED) is 0.878. The van der Waals surface area contributed by atoms with Gasteiger partial charge in [-0.05, 0) is 23.8 Å². The van der Waals surface area contributed by atoms with Crippen molar-refractivity contribution in [2.45, 2.75) is 6.04 Å². The number of aliphatic hydroxyl groups is 1. The van der Waals surface area contributed by atoms with E-state index in [9.17, 15) is 0 Å². The van der Waals surface area contributed by atoms with Gasteiger partial charge in [-0.1, -0.05) is 27.5 Å². The summed E-state index contributed by atoms with van der Waals surface area (Å²) in [7, 11) is 0. The number of halogens is 3. The molecule has 0 unspecified atom stereocenters. The topological polar surface area (TPSA) is 46.2 Å². The Hall–Kier alpha value is 0.200. The summed E-state index contributed by atoms with van der Waals surface area (Å²) >= 11 is 9.16. The van der Waals surface area contributed by atoms with Gasteiger partial charge in [-0.15, -0.1) is 12.4 Å². The molecule has 1 atom stereocenters. The standard InChI is InChI=1S/C8H9BrClNO.ClH/c9-5-1-2-7(10)6(3-5)8(11)4-12;/h1-3,8,12H,4,11H2;1H/t8-;/m1./s1. The van der Waals surface area contributed by atoms with Gasteiger partial charge < -0.3 is 10.8 Å². The average molecular weight is 287 g/mol. The Bertz CT molecular complexity index is 283. The third kappa shape index (κ3) is 3.44. The second kappa shape index (κ2) is 5.83. The number of hydrogen-bond acceptors (Lipinski definition) is 2. The van der Waals surface area contributed by atoms with E-state index in [1.165, 1.54) is 0 Å². The number of hydrogen-bond donors (Lipinski definition) is 2. The molecule has 5 heteroatoms. The minimum absolute atomic E-state index is 0. The lowest BCUT2D eigenvalue weighted by molar-refractivity contribution is 0.268. The summed E-state index contributed by atoms with van der Waals surface area (Å²) in [4.78, 5) is 0. The Morgan fingerprint density at radius 3 is 2.69 bits per heavy atom. The normalized spacial score (nSPS) is 12.0. The van der Waals surface area contributed by atoms with Crippen molar-refractivity contribution in [1.82, 2.24) is 0 Å². The Balaban J connectivity index is 0.00000144. The monoisotopic (exact) mass is 285 g/mol. The molecule has 0 bridgehead atoms. The van der Waals surface area contributed by atoms with Crippen molar-refractivity contribution in [3.63, 3.8) is 0 Å². The van der Waals surface area contributed by atoms with Gasteiger partial charge in [-0.3, -0.25) is 0 Å². The second-order valence-corrected chi connectivity index (χ2v) is 3.78. The fraction of sp³-hybridized carbons (Fsp3) is 0.250. The maximum absolute atomic E-state index is 8.80. The lowest BCUT2D eigenvalue weighted by Gasteiger charge is -2.10. The molecule has 0 saturated heterocycles. The van der Waals surface area contributed by atoms with Gasteiger partial charge in [0.05, 0.1) is 12.6 Å². The fourth-order valence-corrected chi connectivity index (χ4v) is 1.53. The highest BCUT2D eigenvalue weighted by Gasteiger charge is 2.08. The number of benzene rings is 1. The van der Waals surface area contributed by atoms with Crippen molar-refractivity contribution in [1.29, 1.82) is 0 Å². The highest BCUT2D eigenvalue weighted by atomic mass is 79.9. The first-order chi connectivity index (χ1) is 5.65. The van der Waals surface area contributed by atoms with Crippen LogP contribution in [0.5, 0.6) is 0 Å². The molecular weight excluding hydrogens is 277 g/mol. The molecule has 1 rings (SSSR count). The first-order valence-corrected chi connectivity index (χ1v) is 4.63. The summed E-state index contributed by atoms with van der Waals surface area (Å²) < 4.78 is 0.908. The van der Waals surface area contributed by atoms with Crippen LogP contribution in [0.15, 0.2) is 22.7 Å². The van der Waals surface area contributed by atoms with Crippen LogP contribution in [0.2, 0.25) is 5.02 Å². The van der Waals surface area contributed by atoms with Gasteiger partial charge in [0.2, 0.25) is 0 Å². The van der Waals surface area contributed by atoms with Gasteiger partial charge in [0.15, 0.2) is 0 Å². The summed E-state index contributed by atoms with van der Waals surface area (Å²) in [5, 5.41) is 9.39. The van der Waals surface area contributed by atoms with Gasteiger partial charge in [-0.2, -0.15) is 0 Å². The lowest BCUT2D eigenvalue weighted by Crippen LogP contribution is -2.14. The molecule has 0 spiro atoms. The summed E-state index contributed by atoms with van der Waals surface area (Å²) in [5.41, 5.74) is 6.37. The zero-order valence-electron chi connectivity index (χ0n) is 6.71. The highest BCUT2D eigenvalue weighted by Crippen LogP contribution is 2.24. The van der Waals surface area contributed by atoms with Crippen LogP contribution >= 0.6 is 39.9 Å². The Kier molecular flexibility index (Phi) is 5.92. The van der Waals surface area contributed by atoms with Gasteiger partial charge in [-0.25, -0.2) is 0 Å². The SMILES string of the molecule is Cl.N[C@H](CO)c1cc(Br)ccc1Cl. The van der Waals surface area contributed by atoms with E-state index in [-0.39, 0.29) is 19.0 Å². The minimum atomic E-state index is -0.407. The van der Waals surface area contributed by atoms with Crippen molar-refractivity contribution in [2.24, 2.45) is 5.73 Å². The molecule has 1 aromatic carbocycles. The van der Waals surface area contributed by atoms with Crippen LogP contribution < -0.4 is 5.73 Å². The Morgan fingerprint density at radius 1 is 1.54 bits per heavy atom. The summed E-state index contributed by atoms with van der Waals surface area (Å²) in [5.74, 6) is 0. The van der Waals surface area contributed by atoms with Gasteiger partial charge in [0.25, 0.3) is 0 Å². The van der Waals surface area contributed by atoms with Crippen LogP contribution in [-0.4, -0.2) is 11.7 Å². The van der Waals surface area contributed by atoms with Gasteiger partial charge >= 0.3 is 0 Å².